The second-order valence-electron chi connectivity index (χ2n) is 12.3. The molecule has 1 fully saturated rings. The van der Waals surface area contributed by atoms with Crippen molar-refractivity contribution in [1.82, 2.24) is 19.9 Å². The van der Waals surface area contributed by atoms with E-state index in [0.29, 0.717) is 29.3 Å². The average Bonchev–Trinajstić information content (AvgIpc) is 3.82. The molecule has 3 aliphatic carbocycles. The Bertz CT molecular complexity index is 1990. The number of pyridine rings is 1. The first-order valence-electron chi connectivity index (χ1n) is 14.7. The predicted octanol–water partition coefficient (Wildman–Crippen LogP) is 8.83. The molecule has 2 heterocycles. The minimum atomic E-state index is -0.206. The number of hydrogen-bond donors (Lipinski definition) is 0. The zero-order chi connectivity index (χ0) is 28.0. The topological polar surface area (TPSA) is 51.6 Å². The first-order chi connectivity index (χ1) is 20.6. The van der Waals surface area contributed by atoms with Crippen molar-refractivity contribution in [3.05, 3.63) is 132 Å². The van der Waals surface area contributed by atoms with Gasteiger partial charge in [0.15, 0.2) is 17.5 Å². The molecule has 1 saturated carbocycles. The molecule has 0 spiro atoms. The summed E-state index contributed by atoms with van der Waals surface area (Å²) in [4.78, 5) is 19.6. The Morgan fingerprint density at radius 3 is 2.14 bits per heavy atom. The van der Waals surface area contributed by atoms with Gasteiger partial charge in [-0.1, -0.05) is 98.8 Å². The zero-order valence-electron chi connectivity index (χ0n) is 23.5. The molecular weight excluding hydrogens is 512 g/mol. The van der Waals surface area contributed by atoms with Crippen molar-refractivity contribution in [2.75, 3.05) is 0 Å². The van der Waals surface area contributed by atoms with Gasteiger partial charge in [-0.05, 0) is 81.0 Å². The normalized spacial score (nSPS) is 18.3. The monoisotopic (exact) mass is 540 g/mol. The first-order valence-corrected chi connectivity index (χ1v) is 14.7. The van der Waals surface area contributed by atoms with Gasteiger partial charge in [-0.25, -0.2) is 15.0 Å². The Kier molecular flexibility index (Phi) is 4.81. The molecule has 0 amide bonds. The van der Waals surface area contributed by atoms with Crippen LogP contribution in [0.15, 0.2) is 109 Å². The predicted molar refractivity (Wildman–Crippen MR) is 167 cm³/mol. The summed E-state index contributed by atoms with van der Waals surface area (Å²) >= 11 is 0. The Morgan fingerprint density at radius 2 is 1.29 bits per heavy atom. The van der Waals surface area contributed by atoms with E-state index in [2.05, 4.69) is 73.4 Å². The molecule has 2 aromatic heterocycles. The van der Waals surface area contributed by atoms with Gasteiger partial charge in [0, 0.05) is 22.7 Å². The second kappa shape index (κ2) is 8.53. The molecule has 0 N–H and O–H groups in total. The third-order valence-electron chi connectivity index (χ3n) is 9.49. The molecule has 4 aromatic carbocycles. The summed E-state index contributed by atoms with van der Waals surface area (Å²) in [6, 6.07) is 36.6. The largest absolute Gasteiger partial charge is 0.253 e. The lowest BCUT2D eigenvalue weighted by Crippen LogP contribution is -2.17. The van der Waals surface area contributed by atoms with Crippen molar-refractivity contribution >= 4 is 0 Å². The van der Waals surface area contributed by atoms with Crippen molar-refractivity contribution in [3.63, 3.8) is 0 Å². The first kappa shape index (κ1) is 23.7. The number of rotatable bonds is 3. The Morgan fingerprint density at radius 1 is 0.571 bits per heavy atom. The van der Waals surface area contributed by atoms with Crippen LogP contribution in [0.3, 0.4) is 0 Å². The maximum atomic E-state index is 5.08. The molecule has 200 valence electrons. The third kappa shape index (κ3) is 3.35. The highest BCUT2D eigenvalue weighted by Gasteiger charge is 2.47. The summed E-state index contributed by atoms with van der Waals surface area (Å²) in [7, 11) is 0. The SMILES string of the molecule is CC1(C)c2cc3c(cc2-c2cccc(-c4nc(-c5ccccc5)nc(-c5ccccn5)n4)c21)-c1ccccc1C1CC31. The van der Waals surface area contributed by atoms with Gasteiger partial charge in [0.1, 0.15) is 5.69 Å². The highest BCUT2D eigenvalue weighted by molar-refractivity contribution is 5.91. The smallest absolute Gasteiger partial charge is 0.182 e. The fourth-order valence-corrected chi connectivity index (χ4v) is 7.44. The lowest BCUT2D eigenvalue weighted by molar-refractivity contribution is 0.660. The zero-order valence-corrected chi connectivity index (χ0v) is 23.5. The molecular formula is C38H28N4. The van der Waals surface area contributed by atoms with Crippen LogP contribution < -0.4 is 0 Å². The van der Waals surface area contributed by atoms with E-state index in [1.54, 1.807) is 6.20 Å². The van der Waals surface area contributed by atoms with Crippen LogP contribution in [0.25, 0.3) is 56.5 Å². The van der Waals surface area contributed by atoms with Gasteiger partial charge in [0.2, 0.25) is 0 Å². The van der Waals surface area contributed by atoms with Gasteiger partial charge < -0.3 is 0 Å². The van der Waals surface area contributed by atoms with Crippen LogP contribution in [0.2, 0.25) is 0 Å². The quantitative estimate of drug-likeness (QED) is 0.225. The lowest BCUT2D eigenvalue weighted by Gasteiger charge is -2.26. The van der Waals surface area contributed by atoms with Crippen molar-refractivity contribution < 1.29 is 0 Å². The molecule has 9 rings (SSSR count). The average molecular weight is 541 g/mol. The van der Waals surface area contributed by atoms with Gasteiger partial charge in [0.05, 0.1) is 0 Å². The third-order valence-corrected chi connectivity index (χ3v) is 9.49. The van der Waals surface area contributed by atoms with E-state index in [1.807, 2.05) is 48.5 Å². The van der Waals surface area contributed by atoms with Crippen LogP contribution in [0, 0.1) is 0 Å². The fraction of sp³-hybridized carbons (Fsp3) is 0.158. The van der Waals surface area contributed by atoms with E-state index in [4.69, 9.17) is 15.0 Å². The van der Waals surface area contributed by atoms with Crippen LogP contribution in [0.4, 0.5) is 0 Å². The van der Waals surface area contributed by atoms with Crippen molar-refractivity contribution in [2.45, 2.75) is 37.5 Å². The molecule has 4 nitrogen and oxygen atoms in total. The molecule has 3 aliphatic rings. The minimum absolute atomic E-state index is 0.206. The molecule has 0 bridgehead atoms. The van der Waals surface area contributed by atoms with E-state index in [-0.39, 0.29) is 5.41 Å². The van der Waals surface area contributed by atoms with Crippen LogP contribution in [0.1, 0.15) is 54.4 Å². The van der Waals surface area contributed by atoms with Gasteiger partial charge in [-0.3, -0.25) is 4.98 Å². The van der Waals surface area contributed by atoms with Crippen LogP contribution in [0.5, 0.6) is 0 Å². The molecule has 0 saturated heterocycles. The van der Waals surface area contributed by atoms with E-state index in [1.165, 1.54) is 50.9 Å². The lowest BCUT2D eigenvalue weighted by atomic mass is 9.77. The molecule has 4 heteroatoms. The fourth-order valence-electron chi connectivity index (χ4n) is 7.44. The molecule has 6 aromatic rings. The standard InChI is InChI=1S/C38H28N4/c1-38(2)32-21-30-28(24-14-7-6-13-23(24)27-19-29(27)30)20-31(32)25-15-10-16-26(34(25)38)36-40-35(22-11-4-3-5-12-22)41-37(42-36)33-17-8-9-18-39-33/h3-18,20-21,27,29H,19H2,1-2H3. The summed E-state index contributed by atoms with van der Waals surface area (Å²) in [5.41, 5.74) is 13.6. The Labute approximate surface area is 245 Å². The number of fused-ring (bicyclic) bond motifs is 9. The summed E-state index contributed by atoms with van der Waals surface area (Å²) in [5.74, 6) is 3.22. The second-order valence-corrected chi connectivity index (χ2v) is 12.3. The van der Waals surface area contributed by atoms with Gasteiger partial charge >= 0.3 is 0 Å². The summed E-state index contributed by atoms with van der Waals surface area (Å²) < 4.78 is 0. The Hall–Kier alpha value is -4.96. The number of aromatic nitrogens is 4. The minimum Gasteiger partial charge on any atom is -0.253 e. The summed E-state index contributed by atoms with van der Waals surface area (Å²) in [5, 5.41) is 0. The van der Waals surface area contributed by atoms with E-state index in [9.17, 15) is 0 Å². The maximum absolute atomic E-state index is 5.08. The van der Waals surface area contributed by atoms with E-state index in [0.717, 1.165) is 16.8 Å². The van der Waals surface area contributed by atoms with E-state index < -0.39 is 0 Å². The molecule has 2 atom stereocenters. The van der Waals surface area contributed by atoms with Crippen molar-refractivity contribution in [3.8, 4) is 56.5 Å². The van der Waals surface area contributed by atoms with Crippen LogP contribution in [-0.4, -0.2) is 19.9 Å². The van der Waals surface area contributed by atoms with Crippen molar-refractivity contribution in [1.29, 1.82) is 0 Å². The van der Waals surface area contributed by atoms with Crippen molar-refractivity contribution in [2.24, 2.45) is 0 Å². The highest BCUT2D eigenvalue weighted by Crippen LogP contribution is 2.64. The molecule has 2 unspecified atom stereocenters. The molecule has 42 heavy (non-hydrogen) atoms. The number of hydrogen-bond acceptors (Lipinski definition) is 4. The maximum Gasteiger partial charge on any atom is 0.182 e. The number of benzene rings is 4. The van der Waals surface area contributed by atoms with E-state index >= 15 is 0 Å². The van der Waals surface area contributed by atoms with Gasteiger partial charge in [-0.2, -0.15) is 0 Å². The van der Waals surface area contributed by atoms with Crippen LogP contribution in [-0.2, 0) is 5.41 Å². The summed E-state index contributed by atoms with van der Waals surface area (Å²) in [6.45, 7) is 4.71. The Balaban J connectivity index is 1.27. The molecule has 0 aliphatic heterocycles. The number of nitrogens with zero attached hydrogens (tertiary/aromatic N) is 4. The van der Waals surface area contributed by atoms with Gasteiger partial charge in [0.25, 0.3) is 0 Å². The highest BCUT2D eigenvalue weighted by atomic mass is 15.0. The summed E-state index contributed by atoms with van der Waals surface area (Å²) in [6.07, 6.45) is 3.04. The van der Waals surface area contributed by atoms with Gasteiger partial charge in [-0.15, -0.1) is 0 Å². The van der Waals surface area contributed by atoms with Crippen LogP contribution >= 0.6 is 0 Å². The molecule has 0 radical (unpaired) electrons.